The molecule has 0 radical (unpaired) electrons. The van der Waals surface area contributed by atoms with Crippen molar-refractivity contribution in [3.63, 3.8) is 0 Å². The van der Waals surface area contributed by atoms with E-state index in [9.17, 15) is 40.9 Å². The molecule has 2 aromatic rings. The molecule has 0 bridgehead atoms. The van der Waals surface area contributed by atoms with E-state index in [0.29, 0.717) is 12.8 Å². The molecule has 0 saturated heterocycles. The third-order valence-corrected chi connectivity index (χ3v) is 7.52. The van der Waals surface area contributed by atoms with Crippen LogP contribution in [0, 0.1) is 6.92 Å². The van der Waals surface area contributed by atoms with E-state index in [-0.39, 0.29) is 19.6 Å². The molecule has 1 aromatic heterocycles. The second kappa shape index (κ2) is 16.0. The van der Waals surface area contributed by atoms with Crippen LogP contribution < -0.4 is 4.57 Å². The van der Waals surface area contributed by atoms with Gasteiger partial charge in [-0.15, -0.1) is 0 Å². The first-order valence-corrected chi connectivity index (χ1v) is 13.8. The van der Waals surface area contributed by atoms with Gasteiger partial charge in [0.1, 0.15) is 36.6 Å². The van der Waals surface area contributed by atoms with E-state index < -0.39 is 62.0 Å². The van der Waals surface area contributed by atoms with E-state index in [1.54, 1.807) is 0 Å². The first kappa shape index (κ1) is 34.5. The van der Waals surface area contributed by atoms with Crippen molar-refractivity contribution in [3.05, 3.63) is 29.6 Å². The summed E-state index contributed by atoms with van der Waals surface area (Å²) in [6.45, 7) is 5.98. The second-order valence-corrected chi connectivity index (χ2v) is 10.3. The standard InChI is InChI=1S/C27H48N3O10/c1-4-29-16(3)30(5-2)19-11-17(8-9-18(19)29)7-6-10-28(12-20(33)24(37)26(39)22(35)14-31)13-21(34)25(38)27(40)23(36)15-32/h8-9,11,20-27,31-40H,4-7,10,12-15H2,1-3H3/q+1/t20-,21-,22+,23+,24+,25+,26+,27+/m0/s1. The van der Waals surface area contributed by atoms with Gasteiger partial charge in [0, 0.05) is 20.0 Å². The van der Waals surface area contributed by atoms with Crippen molar-refractivity contribution in [1.29, 1.82) is 0 Å². The number of aliphatic hydroxyl groups is 10. The van der Waals surface area contributed by atoms with Gasteiger partial charge in [0.25, 0.3) is 5.82 Å². The average Bonchev–Trinajstić information content (AvgIpc) is 3.23. The van der Waals surface area contributed by atoms with Crippen LogP contribution in [0.1, 0.15) is 31.7 Å². The molecule has 40 heavy (non-hydrogen) atoms. The number of fused-ring (bicyclic) bond motifs is 1. The van der Waals surface area contributed by atoms with Gasteiger partial charge >= 0.3 is 0 Å². The average molecular weight is 575 g/mol. The minimum Gasteiger partial charge on any atom is -0.394 e. The first-order valence-electron chi connectivity index (χ1n) is 13.8. The second-order valence-electron chi connectivity index (χ2n) is 10.3. The van der Waals surface area contributed by atoms with Gasteiger partial charge in [0.15, 0.2) is 11.0 Å². The number of rotatable bonds is 18. The Balaban J connectivity index is 2.17. The molecule has 10 N–H and O–H groups in total. The molecule has 0 aliphatic carbocycles. The van der Waals surface area contributed by atoms with Gasteiger partial charge in [-0.2, -0.15) is 0 Å². The summed E-state index contributed by atoms with van der Waals surface area (Å²) in [5.41, 5.74) is 3.31. The smallest absolute Gasteiger partial charge is 0.254 e. The highest BCUT2D eigenvalue weighted by atomic mass is 16.4. The van der Waals surface area contributed by atoms with Crippen molar-refractivity contribution in [2.24, 2.45) is 0 Å². The first-order chi connectivity index (χ1) is 18.9. The van der Waals surface area contributed by atoms with Crippen LogP contribution in [-0.4, -0.2) is 142 Å². The third kappa shape index (κ3) is 8.39. The fourth-order valence-corrected chi connectivity index (χ4v) is 5.10. The van der Waals surface area contributed by atoms with Crippen molar-refractivity contribution in [2.45, 2.75) is 95.5 Å². The van der Waals surface area contributed by atoms with Crippen LogP contribution in [0.3, 0.4) is 0 Å². The Morgan fingerprint density at radius 1 is 0.775 bits per heavy atom. The maximum atomic E-state index is 10.5. The van der Waals surface area contributed by atoms with Crippen LogP contribution in [0.25, 0.3) is 11.0 Å². The summed E-state index contributed by atoms with van der Waals surface area (Å²) < 4.78 is 4.48. The number of imidazole rings is 1. The van der Waals surface area contributed by atoms with E-state index in [0.717, 1.165) is 35.5 Å². The predicted octanol–water partition coefficient (Wildman–Crippen LogP) is -3.62. The van der Waals surface area contributed by atoms with E-state index in [4.69, 9.17) is 10.2 Å². The molecule has 1 heterocycles. The van der Waals surface area contributed by atoms with Crippen molar-refractivity contribution in [2.75, 3.05) is 32.8 Å². The van der Waals surface area contributed by atoms with Crippen LogP contribution in [0.4, 0.5) is 0 Å². The van der Waals surface area contributed by atoms with Gasteiger partial charge in [0.05, 0.1) is 38.5 Å². The zero-order valence-electron chi connectivity index (χ0n) is 23.5. The topological polar surface area (TPSA) is 214 Å². The molecule has 0 fully saturated rings. The van der Waals surface area contributed by atoms with E-state index in [1.165, 1.54) is 4.90 Å². The van der Waals surface area contributed by atoms with Crippen LogP contribution in [0.5, 0.6) is 0 Å². The van der Waals surface area contributed by atoms with Gasteiger partial charge in [0.2, 0.25) is 0 Å². The zero-order valence-corrected chi connectivity index (χ0v) is 23.5. The van der Waals surface area contributed by atoms with Gasteiger partial charge in [-0.05, 0) is 50.9 Å². The minimum atomic E-state index is -1.82. The molecule has 230 valence electrons. The summed E-state index contributed by atoms with van der Waals surface area (Å²) in [5, 5.41) is 98.8. The monoisotopic (exact) mass is 574 g/mol. The van der Waals surface area contributed by atoms with Gasteiger partial charge in [-0.3, -0.25) is 4.90 Å². The molecule has 0 amide bonds. The highest BCUT2D eigenvalue weighted by molar-refractivity contribution is 5.73. The largest absolute Gasteiger partial charge is 0.394 e. The molecule has 13 heteroatoms. The maximum Gasteiger partial charge on any atom is 0.254 e. The number of nitrogens with zero attached hydrogens (tertiary/aromatic N) is 3. The molecule has 8 atom stereocenters. The van der Waals surface area contributed by atoms with Crippen LogP contribution in [0.2, 0.25) is 0 Å². The molecule has 0 aliphatic rings. The molecular formula is C27H48N3O10+. The fourth-order valence-electron chi connectivity index (χ4n) is 5.10. The van der Waals surface area contributed by atoms with E-state index >= 15 is 0 Å². The summed E-state index contributed by atoms with van der Waals surface area (Å²) in [4.78, 5) is 1.51. The zero-order chi connectivity index (χ0) is 30.1. The van der Waals surface area contributed by atoms with Crippen molar-refractivity contribution in [3.8, 4) is 0 Å². The van der Waals surface area contributed by atoms with Crippen molar-refractivity contribution in [1.82, 2.24) is 9.47 Å². The number of benzene rings is 1. The number of hydrogen-bond acceptors (Lipinski definition) is 11. The van der Waals surface area contributed by atoms with E-state index in [2.05, 4.69) is 42.0 Å². The quantitative estimate of drug-likeness (QED) is 0.0785. The third-order valence-electron chi connectivity index (χ3n) is 7.52. The fraction of sp³-hybridized carbons (Fsp3) is 0.741. The Morgan fingerprint density at radius 3 is 1.73 bits per heavy atom. The van der Waals surface area contributed by atoms with Crippen molar-refractivity contribution < 1.29 is 55.6 Å². The highest BCUT2D eigenvalue weighted by Crippen LogP contribution is 2.18. The number of aromatic nitrogens is 2. The summed E-state index contributed by atoms with van der Waals surface area (Å²) in [6, 6.07) is 6.24. The van der Waals surface area contributed by atoms with Crippen LogP contribution >= 0.6 is 0 Å². The number of aryl methyl sites for hydroxylation is 3. The minimum absolute atomic E-state index is 0.270. The van der Waals surface area contributed by atoms with Crippen LogP contribution in [0.15, 0.2) is 18.2 Å². The number of aliphatic hydroxyl groups excluding tert-OH is 10. The summed E-state index contributed by atoms with van der Waals surface area (Å²) in [6.07, 6.45) is -12.6. The van der Waals surface area contributed by atoms with Gasteiger partial charge in [-0.1, -0.05) is 6.07 Å². The Hall–Kier alpha value is -1.75. The lowest BCUT2D eigenvalue weighted by Crippen LogP contribution is -2.53. The SMILES string of the molecule is CCn1c(C)[n+](CC)c2ccc(CCCN(C[C@H](O)[C@@H](O)[C@H](O)[C@H](O)CO)C[C@H](O)[C@@H](O)[C@H](O)[C@H](O)CO)cc21. The Morgan fingerprint density at radius 2 is 1.27 bits per heavy atom. The van der Waals surface area contributed by atoms with Gasteiger partial charge in [-0.25, -0.2) is 9.13 Å². The number of hydrogen-bond donors (Lipinski definition) is 10. The molecule has 1 aromatic carbocycles. The molecule has 0 spiro atoms. The lowest BCUT2D eigenvalue weighted by atomic mass is 10.0. The molecule has 0 unspecified atom stereocenters. The summed E-state index contributed by atoms with van der Waals surface area (Å²) >= 11 is 0. The molecule has 0 saturated carbocycles. The van der Waals surface area contributed by atoms with Crippen LogP contribution in [-0.2, 0) is 19.5 Å². The normalized spacial score (nSPS) is 18.4. The van der Waals surface area contributed by atoms with Gasteiger partial charge < -0.3 is 51.1 Å². The Labute approximate surface area is 234 Å². The molecular weight excluding hydrogens is 526 g/mol. The molecule has 2 rings (SSSR count). The lowest BCUT2D eigenvalue weighted by Gasteiger charge is -2.33. The highest BCUT2D eigenvalue weighted by Gasteiger charge is 2.34. The maximum absolute atomic E-state index is 10.5. The summed E-state index contributed by atoms with van der Waals surface area (Å²) in [7, 11) is 0. The Kier molecular flexibility index (Phi) is 13.8. The molecule has 13 nitrogen and oxygen atoms in total. The summed E-state index contributed by atoms with van der Waals surface area (Å²) in [5.74, 6) is 1.16. The van der Waals surface area contributed by atoms with Crippen molar-refractivity contribution >= 4 is 11.0 Å². The van der Waals surface area contributed by atoms with E-state index in [1.807, 2.05) is 6.07 Å². The lowest BCUT2D eigenvalue weighted by molar-refractivity contribution is -0.674. The Bertz CT molecular complexity index is 1010. The molecule has 0 aliphatic heterocycles. The predicted molar refractivity (Wildman–Crippen MR) is 145 cm³/mol.